The molecule has 1 saturated heterocycles. The van der Waals surface area contributed by atoms with Crippen LogP contribution in [0, 0.1) is 0 Å². The fourth-order valence-corrected chi connectivity index (χ4v) is 4.47. The maximum atomic E-state index is 12.4. The highest BCUT2D eigenvalue weighted by Gasteiger charge is 2.11. The molecule has 1 fully saturated rings. The lowest BCUT2D eigenvalue weighted by molar-refractivity contribution is 0.0951. The van der Waals surface area contributed by atoms with Crippen LogP contribution in [0.4, 0.5) is 5.69 Å². The van der Waals surface area contributed by atoms with Crippen molar-refractivity contribution < 1.29 is 4.79 Å². The van der Waals surface area contributed by atoms with Crippen LogP contribution in [0.15, 0.2) is 54.6 Å². The van der Waals surface area contributed by atoms with Crippen LogP contribution >= 0.6 is 0 Å². The maximum absolute atomic E-state index is 12.4. The number of likely N-dealkylation sites (tertiary alicyclic amines) is 1. The summed E-state index contributed by atoms with van der Waals surface area (Å²) in [6, 6.07) is 18.1. The van der Waals surface area contributed by atoms with Gasteiger partial charge in [-0.25, -0.2) is 4.98 Å². The van der Waals surface area contributed by atoms with E-state index >= 15 is 0 Å². The number of para-hydroxylation sites is 1. The normalized spacial score (nSPS) is 14.4. The number of rotatable bonds is 10. The van der Waals surface area contributed by atoms with Gasteiger partial charge in [0.15, 0.2) is 0 Å². The molecule has 2 N–H and O–H groups in total. The van der Waals surface area contributed by atoms with E-state index in [9.17, 15) is 4.79 Å². The Hall–Kier alpha value is -2.96. The Labute approximate surface area is 203 Å². The first kappa shape index (κ1) is 24.2. The highest BCUT2D eigenvalue weighted by Crippen LogP contribution is 2.28. The van der Waals surface area contributed by atoms with Crippen LogP contribution in [-0.4, -0.2) is 74.1 Å². The Kier molecular flexibility index (Phi) is 8.50. The molecule has 2 aromatic carbocycles. The van der Waals surface area contributed by atoms with E-state index in [-0.39, 0.29) is 5.91 Å². The second-order valence-corrected chi connectivity index (χ2v) is 9.39. The molecule has 1 aliphatic heterocycles. The van der Waals surface area contributed by atoms with Crippen molar-refractivity contribution in [3.05, 3.63) is 60.2 Å². The Morgan fingerprint density at radius 1 is 1.00 bits per heavy atom. The summed E-state index contributed by atoms with van der Waals surface area (Å²) in [5, 5.41) is 7.77. The predicted molar refractivity (Wildman–Crippen MR) is 141 cm³/mol. The van der Waals surface area contributed by atoms with Crippen LogP contribution in [0.5, 0.6) is 0 Å². The molecule has 1 aliphatic rings. The van der Waals surface area contributed by atoms with Crippen molar-refractivity contribution in [2.75, 3.05) is 58.7 Å². The van der Waals surface area contributed by atoms with Gasteiger partial charge < -0.3 is 20.4 Å². The minimum atomic E-state index is -0.0454. The summed E-state index contributed by atoms with van der Waals surface area (Å²) in [6.45, 7) is 6.03. The van der Waals surface area contributed by atoms with Crippen molar-refractivity contribution in [1.82, 2.24) is 20.1 Å². The molecule has 6 nitrogen and oxygen atoms in total. The van der Waals surface area contributed by atoms with Crippen LogP contribution in [-0.2, 0) is 0 Å². The fourth-order valence-electron chi connectivity index (χ4n) is 4.47. The second-order valence-electron chi connectivity index (χ2n) is 9.39. The van der Waals surface area contributed by atoms with E-state index in [1.165, 1.54) is 32.4 Å². The average Bonchev–Trinajstić information content (AvgIpc) is 2.87. The predicted octanol–water partition coefficient (Wildman–Crippen LogP) is 4.48. The molecule has 4 rings (SSSR count). The van der Waals surface area contributed by atoms with Crippen LogP contribution < -0.4 is 10.6 Å². The SMILES string of the molecule is CN(C)CCNC(=O)c1ccc(-c2cc(NCCCN3CCCCC3)c3ccccc3n2)cc1. The van der Waals surface area contributed by atoms with Gasteiger partial charge >= 0.3 is 0 Å². The standard InChI is InChI=1S/C28H37N5O/c1-32(2)20-16-30-28(34)23-13-11-22(12-14-23)26-21-27(24-9-4-5-10-25(24)31-26)29-15-8-19-33-17-6-3-7-18-33/h4-5,9-14,21H,3,6-8,15-20H2,1-2H3,(H,29,31)(H,30,34). The average molecular weight is 460 g/mol. The van der Waals surface area contributed by atoms with Crippen LogP contribution in [0.1, 0.15) is 36.0 Å². The number of amides is 1. The van der Waals surface area contributed by atoms with E-state index in [1.54, 1.807) is 0 Å². The van der Waals surface area contributed by atoms with Crippen molar-refractivity contribution in [3.63, 3.8) is 0 Å². The number of carbonyl (C=O) groups excluding carboxylic acids is 1. The number of aromatic nitrogens is 1. The van der Waals surface area contributed by atoms with Crippen LogP contribution in [0.25, 0.3) is 22.2 Å². The largest absolute Gasteiger partial charge is 0.384 e. The lowest BCUT2D eigenvalue weighted by Gasteiger charge is -2.26. The Balaban J connectivity index is 1.44. The van der Waals surface area contributed by atoms with Gasteiger partial charge in [0.1, 0.15) is 0 Å². The molecule has 0 unspecified atom stereocenters. The fraction of sp³-hybridized carbons (Fsp3) is 0.429. The Morgan fingerprint density at radius 3 is 2.53 bits per heavy atom. The molecule has 2 heterocycles. The summed E-state index contributed by atoms with van der Waals surface area (Å²) in [4.78, 5) is 21.9. The summed E-state index contributed by atoms with van der Waals surface area (Å²) in [7, 11) is 3.99. The molecule has 0 atom stereocenters. The maximum Gasteiger partial charge on any atom is 0.251 e. The summed E-state index contributed by atoms with van der Waals surface area (Å²) < 4.78 is 0. The smallest absolute Gasteiger partial charge is 0.251 e. The molecule has 1 aromatic heterocycles. The van der Waals surface area contributed by atoms with Crippen molar-refractivity contribution >= 4 is 22.5 Å². The van der Waals surface area contributed by atoms with Crippen molar-refractivity contribution in [1.29, 1.82) is 0 Å². The summed E-state index contributed by atoms with van der Waals surface area (Å²) in [5.74, 6) is -0.0454. The molecule has 3 aromatic rings. The van der Waals surface area contributed by atoms with E-state index < -0.39 is 0 Å². The van der Waals surface area contributed by atoms with Crippen molar-refractivity contribution in [2.45, 2.75) is 25.7 Å². The zero-order valence-electron chi connectivity index (χ0n) is 20.5. The molecule has 0 saturated carbocycles. The lowest BCUT2D eigenvalue weighted by Crippen LogP contribution is -2.31. The van der Waals surface area contributed by atoms with Gasteiger partial charge in [-0.15, -0.1) is 0 Å². The molecule has 180 valence electrons. The zero-order chi connectivity index (χ0) is 23.8. The number of likely N-dealkylation sites (N-methyl/N-ethyl adjacent to an activating group) is 1. The van der Waals surface area contributed by atoms with Gasteiger partial charge in [-0.05, 0) is 77.3 Å². The van der Waals surface area contributed by atoms with E-state index in [2.05, 4.69) is 39.8 Å². The number of piperidine rings is 1. The lowest BCUT2D eigenvalue weighted by atomic mass is 10.1. The van der Waals surface area contributed by atoms with Gasteiger partial charge in [0, 0.05) is 41.8 Å². The van der Waals surface area contributed by atoms with Crippen molar-refractivity contribution in [2.24, 2.45) is 0 Å². The molecule has 0 bridgehead atoms. The van der Waals surface area contributed by atoms with Crippen molar-refractivity contribution in [3.8, 4) is 11.3 Å². The summed E-state index contributed by atoms with van der Waals surface area (Å²) in [6.07, 6.45) is 5.18. The molecule has 6 heteroatoms. The van der Waals surface area contributed by atoms with E-state index in [0.29, 0.717) is 12.1 Å². The second kappa shape index (κ2) is 12.0. The molecule has 1 amide bonds. The quantitative estimate of drug-likeness (QED) is 0.438. The van der Waals surface area contributed by atoms with Gasteiger partial charge in [0.25, 0.3) is 5.91 Å². The minimum absolute atomic E-state index is 0.0454. The number of hydrogen-bond acceptors (Lipinski definition) is 5. The topological polar surface area (TPSA) is 60.5 Å². The van der Waals surface area contributed by atoms with Gasteiger partial charge in [0.05, 0.1) is 11.2 Å². The monoisotopic (exact) mass is 459 g/mol. The number of nitrogens with one attached hydrogen (secondary N) is 2. The first-order chi connectivity index (χ1) is 16.6. The third-order valence-electron chi connectivity index (χ3n) is 6.42. The molecular weight excluding hydrogens is 422 g/mol. The minimum Gasteiger partial charge on any atom is -0.384 e. The first-order valence-electron chi connectivity index (χ1n) is 12.5. The van der Waals surface area contributed by atoms with Crippen LogP contribution in [0.3, 0.4) is 0 Å². The third-order valence-corrected chi connectivity index (χ3v) is 6.42. The highest BCUT2D eigenvalue weighted by atomic mass is 16.1. The number of anilines is 1. The summed E-state index contributed by atoms with van der Waals surface area (Å²) in [5.41, 5.74) is 4.68. The zero-order valence-corrected chi connectivity index (χ0v) is 20.5. The van der Waals surface area contributed by atoms with Gasteiger partial charge in [-0.3, -0.25) is 4.79 Å². The first-order valence-corrected chi connectivity index (χ1v) is 12.5. The Bertz CT molecular complexity index is 1070. The Morgan fingerprint density at radius 2 is 1.76 bits per heavy atom. The molecule has 0 spiro atoms. The molecule has 34 heavy (non-hydrogen) atoms. The van der Waals surface area contributed by atoms with Crippen LogP contribution in [0.2, 0.25) is 0 Å². The number of pyridine rings is 1. The highest BCUT2D eigenvalue weighted by molar-refractivity contribution is 5.96. The molecular formula is C28H37N5O. The van der Waals surface area contributed by atoms with E-state index in [4.69, 9.17) is 4.98 Å². The number of fused-ring (bicyclic) bond motifs is 1. The van der Waals surface area contributed by atoms with E-state index in [0.717, 1.165) is 53.9 Å². The number of nitrogens with zero attached hydrogens (tertiary/aromatic N) is 3. The van der Waals surface area contributed by atoms with E-state index in [1.807, 2.05) is 49.3 Å². The van der Waals surface area contributed by atoms with Gasteiger partial charge in [-0.1, -0.05) is 36.8 Å². The summed E-state index contributed by atoms with van der Waals surface area (Å²) >= 11 is 0. The molecule has 0 radical (unpaired) electrons. The number of hydrogen-bond donors (Lipinski definition) is 2. The van der Waals surface area contributed by atoms with Gasteiger partial charge in [-0.2, -0.15) is 0 Å². The number of benzene rings is 2. The van der Waals surface area contributed by atoms with Gasteiger partial charge in [0.2, 0.25) is 0 Å². The third kappa shape index (κ3) is 6.55. The number of carbonyl (C=O) groups is 1. The molecule has 0 aliphatic carbocycles.